The van der Waals surface area contributed by atoms with E-state index in [9.17, 15) is 14.4 Å². The molecular formula is C31H38O7. The SMILES string of the molecule is COC(=O)[C@@H](C)[C@H]1[C@]2(C)C3=C(C)[C@H](c4cocc4C(C)C)C[C@H]3O[C@@H]2[C@@H]2OC(=O)[C@]3(C)C=CC(=O)[C@@]1(C)[C@@H]23. The van der Waals surface area contributed by atoms with Crippen LogP contribution in [-0.4, -0.2) is 43.1 Å². The molecule has 0 aromatic carbocycles. The maximum Gasteiger partial charge on any atom is 0.316 e. The summed E-state index contributed by atoms with van der Waals surface area (Å²) < 4.78 is 23.9. The molecule has 2 aliphatic heterocycles. The molecule has 0 radical (unpaired) electrons. The highest BCUT2D eigenvalue weighted by molar-refractivity contribution is 6.00. The minimum atomic E-state index is -1.03. The van der Waals surface area contributed by atoms with Crippen LogP contribution in [0.1, 0.15) is 77.8 Å². The Bertz CT molecular complexity index is 1300. The zero-order chi connectivity index (χ0) is 27.5. The van der Waals surface area contributed by atoms with Crippen LogP contribution in [0.4, 0.5) is 0 Å². The minimum absolute atomic E-state index is 0.0723. The summed E-state index contributed by atoms with van der Waals surface area (Å²) in [6.07, 6.45) is 6.42. The Morgan fingerprint density at radius 1 is 1.11 bits per heavy atom. The molecule has 6 rings (SSSR count). The third-order valence-corrected chi connectivity index (χ3v) is 11.0. The van der Waals surface area contributed by atoms with Crippen LogP contribution < -0.4 is 0 Å². The van der Waals surface area contributed by atoms with Crippen molar-refractivity contribution in [1.29, 1.82) is 0 Å². The molecule has 0 amide bonds. The number of carbonyl (C=O) groups is 3. The summed E-state index contributed by atoms with van der Waals surface area (Å²) in [5.74, 6) is -1.84. The zero-order valence-electron chi connectivity index (χ0n) is 23.5. The summed E-state index contributed by atoms with van der Waals surface area (Å²) in [5, 5.41) is 0. The normalized spacial score (nSPS) is 43.7. The molecule has 1 saturated carbocycles. The lowest BCUT2D eigenvalue weighted by molar-refractivity contribution is -0.198. The van der Waals surface area contributed by atoms with Gasteiger partial charge in [-0.1, -0.05) is 46.3 Å². The fourth-order valence-corrected chi connectivity index (χ4v) is 9.58. The van der Waals surface area contributed by atoms with Gasteiger partial charge in [0.25, 0.3) is 0 Å². The Kier molecular flexibility index (Phi) is 5.35. The Morgan fingerprint density at radius 2 is 1.82 bits per heavy atom. The molecule has 1 aromatic rings. The van der Waals surface area contributed by atoms with E-state index < -0.39 is 46.2 Å². The fraction of sp³-hybridized carbons (Fsp3) is 0.645. The maximum atomic E-state index is 13.9. The number of ketones is 1. The molecular weight excluding hydrogens is 484 g/mol. The van der Waals surface area contributed by atoms with E-state index in [4.69, 9.17) is 18.6 Å². The number of hydrogen-bond acceptors (Lipinski definition) is 7. The molecule has 10 atom stereocenters. The summed E-state index contributed by atoms with van der Waals surface area (Å²) in [4.78, 5) is 40.5. The molecule has 38 heavy (non-hydrogen) atoms. The van der Waals surface area contributed by atoms with Gasteiger partial charge in [-0.2, -0.15) is 0 Å². The van der Waals surface area contributed by atoms with Gasteiger partial charge in [-0.3, -0.25) is 14.4 Å². The van der Waals surface area contributed by atoms with Crippen LogP contribution >= 0.6 is 0 Å². The number of fused-ring (bicyclic) bond motifs is 4. The van der Waals surface area contributed by atoms with Gasteiger partial charge in [0, 0.05) is 28.2 Å². The van der Waals surface area contributed by atoms with E-state index in [1.807, 2.05) is 33.3 Å². The number of ether oxygens (including phenoxy) is 3. The number of allylic oxidation sites excluding steroid dienone is 2. The largest absolute Gasteiger partial charge is 0.472 e. The first-order chi connectivity index (χ1) is 17.8. The van der Waals surface area contributed by atoms with E-state index >= 15 is 0 Å². The number of hydrogen-bond donors (Lipinski definition) is 0. The van der Waals surface area contributed by atoms with Crippen LogP contribution in [0.5, 0.6) is 0 Å². The van der Waals surface area contributed by atoms with Crippen LogP contribution in [0.2, 0.25) is 0 Å². The molecule has 2 saturated heterocycles. The Hall–Kier alpha value is -2.67. The van der Waals surface area contributed by atoms with Gasteiger partial charge in [-0.05, 0) is 49.3 Å². The monoisotopic (exact) mass is 522 g/mol. The van der Waals surface area contributed by atoms with E-state index in [0.717, 1.165) is 17.6 Å². The molecule has 5 aliphatic rings. The van der Waals surface area contributed by atoms with E-state index in [1.54, 1.807) is 6.08 Å². The highest BCUT2D eigenvalue weighted by Crippen LogP contribution is 2.72. The first-order valence-electron chi connectivity index (χ1n) is 13.8. The molecule has 0 spiro atoms. The molecule has 3 aliphatic carbocycles. The number of rotatable bonds is 4. The zero-order valence-corrected chi connectivity index (χ0v) is 23.5. The van der Waals surface area contributed by atoms with Crippen molar-refractivity contribution in [2.45, 2.75) is 85.0 Å². The summed E-state index contributed by atoms with van der Waals surface area (Å²) in [6.45, 7) is 14.2. The smallest absolute Gasteiger partial charge is 0.316 e. The van der Waals surface area contributed by atoms with Crippen molar-refractivity contribution in [2.24, 2.45) is 34.0 Å². The fourth-order valence-electron chi connectivity index (χ4n) is 9.58. The lowest BCUT2D eigenvalue weighted by atomic mass is 9.40. The van der Waals surface area contributed by atoms with Gasteiger partial charge >= 0.3 is 11.9 Å². The number of furan rings is 1. The van der Waals surface area contributed by atoms with Gasteiger partial charge in [-0.15, -0.1) is 0 Å². The molecule has 0 N–H and O–H groups in total. The Morgan fingerprint density at radius 3 is 2.47 bits per heavy atom. The predicted molar refractivity (Wildman–Crippen MR) is 138 cm³/mol. The second-order valence-corrected chi connectivity index (χ2v) is 13.1. The van der Waals surface area contributed by atoms with E-state index in [-0.39, 0.29) is 29.7 Å². The highest BCUT2D eigenvalue weighted by Gasteiger charge is 2.78. The van der Waals surface area contributed by atoms with Gasteiger partial charge in [0.1, 0.15) is 12.2 Å². The highest BCUT2D eigenvalue weighted by atomic mass is 16.6. The van der Waals surface area contributed by atoms with Crippen molar-refractivity contribution in [1.82, 2.24) is 0 Å². The summed E-state index contributed by atoms with van der Waals surface area (Å²) >= 11 is 0. The van der Waals surface area contributed by atoms with Gasteiger partial charge in [0.05, 0.1) is 37.1 Å². The Labute approximate surface area is 223 Å². The van der Waals surface area contributed by atoms with Crippen molar-refractivity contribution in [3.05, 3.63) is 47.0 Å². The van der Waals surface area contributed by atoms with Crippen molar-refractivity contribution in [3.8, 4) is 0 Å². The van der Waals surface area contributed by atoms with Gasteiger partial charge in [-0.25, -0.2) is 0 Å². The third-order valence-electron chi connectivity index (χ3n) is 11.0. The quantitative estimate of drug-likeness (QED) is 0.401. The van der Waals surface area contributed by atoms with Crippen LogP contribution in [0.3, 0.4) is 0 Å². The second kappa shape index (κ2) is 7.93. The van der Waals surface area contributed by atoms with Crippen molar-refractivity contribution >= 4 is 17.7 Å². The van der Waals surface area contributed by atoms with Crippen molar-refractivity contribution in [3.63, 3.8) is 0 Å². The lowest BCUT2D eigenvalue weighted by Gasteiger charge is -2.60. The molecule has 0 unspecified atom stereocenters. The topological polar surface area (TPSA) is 92.0 Å². The van der Waals surface area contributed by atoms with E-state index in [2.05, 4.69) is 27.7 Å². The third kappa shape index (κ3) is 2.81. The predicted octanol–water partition coefficient (Wildman–Crippen LogP) is 5.11. The summed E-state index contributed by atoms with van der Waals surface area (Å²) in [7, 11) is 1.39. The van der Waals surface area contributed by atoms with E-state index in [1.165, 1.54) is 24.3 Å². The number of esters is 2. The molecule has 0 bridgehead atoms. The molecule has 204 valence electrons. The molecule has 3 heterocycles. The molecule has 3 fully saturated rings. The average molecular weight is 523 g/mol. The van der Waals surface area contributed by atoms with Crippen molar-refractivity contribution < 1.29 is 33.0 Å². The first kappa shape index (κ1) is 25.6. The van der Waals surface area contributed by atoms with Crippen LogP contribution in [0.25, 0.3) is 0 Å². The second-order valence-electron chi connectivity index (χ2n) is 13.1. The Balaban J connectivity index is 1.58. The van der Waals surface area contributed by atoms with Crippen molar-refractivity contribution in [2.75, 3.05) is 7.11 Å². The van der Waals surface area contributed by atoms with E-state index in [0.29, 0.717) is 5.92 Å². The van der Waals surface area contributed by atoms with Crippen LogP contribution in [0.15, 0.2) is 40.2 Å². The number of methoxy groups -OCH3 is 1. The molecule has 7 nitrogen and oxygen atoms in total. The first-order valence-corrected chi connectivity index (χ1v) is 13.8. The molecule has 7 heteroatoms. The minimum Gasteiger partial charge on any atom is -0.472 e. The van der Waals surface area contributed by atoms with Crippen LogP contribution in [-0.2, 0) is 28.6 Å². The summed E-state index contributed by atoms with van der Waals surface area (Å²) in [5.41, 5.74) is 1.97. The standard InChI is InChI=1S/C31H38O7/c1-14(2)18-12-36-13-19(18)17-11-20-22(15(17)3)31(7)24(16(4)27(33)35-8)30(6)21(32)9-10-29(5)25(30)23(26(31)37-20)38-28(29)34/h9-10,12-14,16-17,20,23-26H,11H2,1-8H3/t16-,17+,20+,23+,24+,25-,26+,29+,30+,31-/m0/s1. The van der Waals surface area contributed by atoms with Crippen LogP contribution in [0, 0.1) is 34.0 Å². The number of carbonyl (C=O) groups excluding carboxylic acids is 3. The van der Waals surface area contributed by atoms with Gasteiger partial charge in [0.2, 0.25) is 0 Å². The summed E-state index contributed by atoms with van der Waals surface area (Å²) in [6, 6.07) is 0. The van der Waals surface area contributed by atoms with Gasteiger partial charge in [0.15, 0.2) is 5.78 Å². The molecule has 1 aromatic heterocycles. The lowest BCUT2D eigenvalue weighted by Crippen LogP contribution is -2.67. The van der Waals surface area contributed by atoms with Gasteiger partial charge < -0.3 is 18.6 Å². The maximum absolute atomic E-state index is 13.9. The average Bonchev–Trinajstić information content (AvgIpc) is 3.59.